The second-order valence-electron chi connectivity index (χ2n) is 5.38. The zero-order valence-corrected chi connectivity index (χ0v) is 13.5. The Labute approximate surface area is 141 Å². The highest BCUT2D eigenvalue weighted by Gasteiger charge is 2.25. The lowest BCUT2D eigenvalue weighted by molar-refractivity contribution is 0.171. The van der Waals surface area contributed by atoms with E-state index in [1.165, 1.54) is 16.7 Å². The van der Waals surface area contributed by atoms with Crippen LogP contribution in [0, 0.1) is 0 Å². The lowest BCUT2D eigenvalue weighted by Gasteiger charge is -2.30. The number of hydrogen-bond donors (Lipinski definition) is 1. The third-order valence-corrected chi connectivity index (χ3v) is 4.31. The van der Waals surface area contributed by atoms with Crippen LogP contribution in [-0.4, -0.2) is 19.8 Å². The van der Waals surface area contributed by atoms with Gasteiger partial charge in [-0.2, -0.15) is 0 Å². The molecule has 2 aliphatic rings. The van der Waals surface area contributed by atoms with Crippen LogP contribution in [0.15, 0.2) is 36.4 Å². The van der Waals surface area contributed by atoms with Crippen molar-refractivity contribution in [1.29, 1.82) is 0 Å². The summed E-state index contributed by atoms with van der Waals surface area (Å²) < 4.78 is 11.4. The minimum Gasteiger partial charge on any atom is -0.486 e. The maximum absolute atomic E-state index is 5.99. The van der Waals surface area contributed by atoms with Crippen LogP contribution in [0.5, 0.6) is 11.5 Å². The molecule has 2 aromatic rings. The van der Waals surface area contributed by atoms with Gasteiger partial charge in [-0.1, -0.05) is 23.7 Å². The first-order valence-electron chi connectivity index (χ1n) is 7.22. The summed E-state index contributed by atoms with van der Waals surface area (Å²) in [5, 5.41) is 4.34. The largest absolute Gasteiger partial charge is 0.486 e. The maximum atomic E-state index is 5.99. The van der Waals surface area contributed by atoms with E-state index in [-0.39, 0.29) is 18.4 Å². The molecule has 1 N–H and O–H groups in total. The number of nitrogens with one attached hydrogen (secondary N) is 1. The third kappa shape index (κ3) is 2.76. The second-order valence-corrected chi connectivity index (χ2v) is 5.82. The predicted molar refractivity (Wildman–Crippen MR) is 89.7 cm³/mol. The number of rotatable bonds is 1. The zero-order valence-electron chi connectivity index (χ0n) is 12.0. The molecule has 0 saturated heterocycles. The van der Waals surface area contributed by atoms with Gasteiger partial charge in [0.2, 0.25) is 0 Å². The summed E-state index contributed by atoms with van der Waals surface area (Å²) in [4.78, 5) is 0. The first-order chi connectivity index (χ1) is 10.3. The summed E-state index contributed by atoms with van der Waals surface area (Å²) in [7, 11) is 0. The van der Waals surface area contributed by atoms with Crippen LogP contribution in [0.2, 0.25) is 5.02 Å². The van der Waals surface area contributed by atoms with Gasteiger partial charge in [-0.15, -0.1) is 12.4 Å². The molecule has 0 spiro atoms. The molecule has 0 aromatic heterocycles. The van der Waals surface area contributed by atoms with Gasteiger partial charge in [-0.05, 0) is 47.4 Å². The average Bonchev–Trinajstić information content (AvgIpc) is 2.53. The summed E-state index contributed by atoms with van der Waals surface area (Å²) in [6, 6.07) is 12.5. The number of hydrogen-bond acceptors (Lipinski definition) is 3. The predicted octanol–water partition coefficient (Wildman–Crippen LogP) is 3.77. The summed E-state index contributed by atoms with van der Waals surface area (Å²) in [5.41, 5.74) is 3.82. The van der Waals surface area contributed by atoms with E-state index in [1.807, 2.05) is 12.1 Å². The Kier molecular flexibility index (Phi) is 4.48. The van der Waals surface area contributed by atoms with Gasteiger partial charge >= 0.3 is 0 Å². The van der Waals surface area contributed by atoms with E-state index in [4.69, 9.17) is 21.1 Å². The fraction of sp³-hybridized carbons (Fsp3) is 0.294. The zero-order chi connectivity index (χ0) is 14.2. The second kappa shape index (κ2) is 6.37. The number of benzene rings is 2. The van der Waals surface area contributed by atoms with E-state index in [0.717, 1.165) is 29.5 Å². The van der Waals surface area contributed by atoms with Crippen molar-refractivity contribution in [3.05, 3.63) is 58.1 Å². The van der Waals surface area contributed by atoms with Crippen molar-refractivity contribution in [2.45, 2.75) is 12.5 Å². The van der Waals surface area contributed by atoms with Crippen LogP contribution >= 0.6 is 24.0 Å². The first kappa shape index (κ1) is 15.5. The lowest BCUT2D eigenvalue weighted by atomic mass is 9.89. The Hall–Kier alpha value is -1.42. The normalized spacial score (nSPS) is 19.0. The minimum atomic E-state index is 0. The number of ether oxygens (including phenoxy) is 2. The van der Waals surface area contributed by atoms with Gasteiger partial charge in [0.15, 0.2) is 11.5 Å². The molecule has 1 unspecified atom stereocenters. The fourth-order valence-corrected chi connectivity index (χ4v) is 3.17. The molecule has 3 nitrogen and oxygen atoms in total. The van der Waals surface area contributed by atoms with E-state index >= 15 is 0 Å². The standard InChI is InChI=1S/C17H16ClNO2.ClH/c18-13-3-1-11(2-4-13)17-14-10-16-15(20-7-8-21-16)9-12(14)5-6-19-17;/h1-4,9-10,17,19H,5-8H2;1H. The maximum Gasteiger partial charge on any atom is 0.161 e. The Morgan fingerprint density at radius 1 is 1.00 bits per heavy atom. The molecule has 0 radical (unpaired) electrons. The van der Waals surface area contributed by atoms with Crippen LogP contribution in [0.3, 0.4) is 0 Å². The summed E-state index contributed by atoms with van der Waals surface area (Å²) in [6.07, 6.45) is 1.01. The van der Waals surface area contributed by atoms with Crippen molar-refractivity contribution < 1.29 is 9.47 Å². The summed E-state index contributed by atoms with van der Waals surface area (Å²) >= 11 is 5.99. The molecule has 4 rings (SSSR count). The number of halogens is 2. The highest BCUT2D eigenvalue weighted by Crippen LogP contribution is 2.38. The van der Waals surface area contributed by atoms with Crippen molar-refractivity contribution in [2.24, 2.45) is 0 Å². The molecular formula is C17H17Cl2NO2. The molecule has 0 amide bonds. The van der Waals surface area contributed by atoms with Crippen LogP contribution < -0.4 is 14.8 Å². The fourth-order valence-electron chi connectivity index (χ4n) is 3.05. The van der Waals surface area contributed by atoms with E-state index < -0.39 is 0 Å². The molecule has 2 aromatic carbocycles. The third-order valence-electron chi connectivity index (χ3n) is 4.06. The molecule has 5 heteroatoms. The van der Waals surface area contributed by atoms with Crippen molar-refractivity contribution in [3.63, 3.8) is 0 Å². The van der Waals surface area contributed by atoms with Gasteiger partial charge < -0.3 is 14.8 Å². The monoisotopic (exact) mass is 337 g/mol. The minimum absolute atomic E-state index is 0. The van der Waals surface area contributed by atoms with Gasteiger partial charge in [-0.25, -0.2) is 0 Å². The smallest absolute Gasteiger partial charge is 0.161 e. The van der Waals surface area contributed by atoms with Gasteiger partial charge in [0.1, 0.15) is 13.2 Å². The van der Waals surface area contributed by atoms with E-state index in [0.29, 0.717) is 13.2 Å². The molecule has 2 aliphatic heterocycles. The van der Waals surface area contributed by atoms with Crippen LogP contribution in [-0.2, 0) is 6.42 Å². The molecule has 0 bridgehead atoms. The molecule has 22 heavy (non-hydrogen) atoms. The highest BCUT2D eigenvalue weighted by molar-refractivity contribution is 6.30. The molecule has 0 aliphatic carbocycles. The van der Waals surface area contributed by atoms with Crippen molar-refractivity contribution in [2.75, 3.05) is 19.8 Å². The van der Waals surface area contributed by atoms with Gasteiger partial charge in [0.05, 0.1) is 6.04 Å². The molecule has 2 heterocycles. The van der Waals surface area contributed by atoms with Crippen molar-refractivity contribution in [3.8, 4) is 11.5 Å². The van der Waals surface area contributed by atoms with Crippen LogP contribution in [0.25, 0.3) is 0 Å². The molecule has 1 atom stereocenters. The van der Waals surface area contributed by atoms with E-state index in [1.54, 1.807) is 0 Å². The first-order valence-corrected chi connectivity index (χ1v) is 7.60. The number of fused-ring (bicyclic) bond motifs is 2. The van der Waals surface area contributed by atoms with Gasteiger partial charge in [0.25, 0.3) is 0 Å². The molecule has 0 saturated carbocycles. The molecule has 0 fully saturated rings. The van der Waals surface area contributed by atoms with Crippen molar-refractivity contribution in [1.82, 2.24) is 5.32 Å². The Morgan fingerprint density at radius 2 is 1.68 bits per heavy atom. The summed E-state index contributed by atoms with van der Waals surface area (Å²) in [6.45, 7) is 2.20. The Balaban J connectivity index is 0.00000144. The topological polar surface area (TPSA) is 30.5 Å². The Morgan fingerprint density at radius 3 is 2.41 bits per heavy atom. The highest BCUT2D eigenvalue weighted by atomic mass is 35.5. The van der Waals surface area contributed by atoms with Crippen LogP contribution in [0.4, 0.5) is 0 Å². The lowest BCUT2D eigenvalue weighted by Crippen LogP contribution is -2.31. The Bertz CT molecular complexity index is 673. The SMILES string of the molecule is Cl.Clc1ccc(C2NCCc3cc4c(cc32)OCCO4)cc1. The molecular weight excluding hydrogens is 321 g/mol. The van der Waals surface area contributed by atoms with Gasteiger partial charge in [0, 0.05) is 11.6 Å². The van der Waals surface area contributed by atoms with Crippen molar-refractivity contribution >= 4 is 24.0 Å². The summed E-state index contributed by atoms with van der Waals surface area (Å²) in [5.74, 6) is 1.72. The van der Waals surface area contributed by atoms with Gasteiger partial charge in [-0.3, -0.25) is 0 Å². The van der Waals surface area contributed by atoms with Crippen LogP contribution in [0.1, 0.15) is 22.7 Å². The molecule has 116 valence electrons. The quantitative estimate of drug-likeness (QED) is 0.859. The van der Waals surface area contributed by atoms with E-state index in [9.17, 15) is 0 Å². The average molecular weight is 338 g/mol. The van der Waals surface area contributed by atoms with E-state index in [2.05, 4.69) is 29.6 Å².